The molecule has 0 aliphatic rings. The fourth-order valence-electron chi connectivity index (χ4n) is 1.16. The van der Waals surface area contributed by atoms with Crippen molar-refractivity contribution in [3.63, 3.8) is 0 Å². The van der Waals surface area contributed by atoms with Gasteiger partial charge in [0.25, 0.3) is 0 Å². The predicted molar refractivity (Wildman–Crippen MR) is 50.0 cm³/mol. The van der Waals surface area contributed by atoms with E-state index in [-0.39, 0.29) is 12.6 Å². The van der Waals surface area contributed by atoms with Crippen LogP contribution in [0.3, 0.4) is 0 Å². The van der Waals surface area contributed by atoms with E-state index < -0.39 is 0 Å². The molecular formula is C9H19NO2. The van der Waals surface area contributed by atoms with E-state index in [1.807, 2.05) is 0 Å². The maximum absolute atomic E-state index is 10.0. The van der Waals surface area contributed by atoms with Gasteiger partial charge in [-0.1, -0.05) is 44.2 Å². The molecule has 0 aromatic carbocycles. The van der Waals surface area contributed by atoms with E-state index in [1.54, 1.807) is 0 Å². The van der Waals surface area contributed by atoms with Gasteiger partial charge in [0, 0.05) is 0 Å². The van der Waals surface area contributed by atoms with Crippen molar-refractivity contribution in [3.05, 3.63) is 4.91 Å². The first kappa shape index (κ1) is 11.6. The highest BCUT2D eigenvalue weighted by atomic mass is 16.3. The largest absolute Gasteiger partial charge is 0.394 e. The standard InChI is InChI=1S/C9H19NO2/c1-2-3-4-5-6-7-9(8-11)10-12/h9,11H,2-8H2,1H3. The van der Waals surface area contributed by atoms with Gasteiger partial charge in [-0.25, -0.2) is 0 Å². The van der Waals surface area contributed by atoms with Crippen LogP contribution in [0.1, 0.15) is 45.4 Å². The number of unbranched alkanes of at least 4 members (excludes halogenated alkanes) is 4. The normalized spacial score (nSPS) is 12.8. The molecule has 0 fully saturated rings. The van der Waals surface area contributed by atoms with Crippen LogP contribution in [-0.4, -0.2) is 17.8 Å². The quantitative estimate of drug-likeness (QED) is 0.453. The van der Waals surface area contributed by atoms with Gasteiger partial charge in [0.05, 0.1) is 6.61 Å². The molecule has 0 aromatic rings. The molecule has 0 bridgehead atoms. The van der Waals surface area contributed by atoms with E-state index in [0.29, 0.717) is 0 Å². The number of rotatable bonds is 8. The summed E-state index contributed by atoms with van der Waals surface area (Å²) in [6.45, 7) is 2.07. The Kier molecular flexibility index (Phi) is 8.34. The molecule has 0 radical (unpaired) electrons. The summed E-state index contributed by atoms with van der Waals surface area (Å²) < 4.78 is 0. The second-order valence-corrected chi connectivity index (χ2v) is 3.14. The third kappa shape index (κ3) is 6.28. The zero-order valence-electron chi connectivity index (χ0n) is 7.83. The number of aliphatic hydroxyl groups excluding tert-OH is 1. The van der Waals surface area contributed by atoms with Crippen LogP contribution in [0.2, 0.25) is 0 Å². The van der Waals surface area contributed by atoms with Crippen molar-refractivity contribution in [2.45, 2.75) is 51.5 Å². The summed E-state index contributed by atoms with van der Waals surface area (Å²) in [6, 6.07) is -0.369. The molecule has 3 heteroatoms. The van der Waals surface area contributed by atoms with Gasteiger partial charge >= 0.3 is 0 Å². The predicted octanol–water partition coefficient (Wildman–Crippen LogP) is 2.47. The average Bonchev–Trinajstić information content (AvgIpc) is 2.11. The van der Waals surface area contributed by atoms with E-state index in [0.717, 1.165) is 19.3 Å². The molecule has 0 heterocycles. The minimum absolute atomic E-state index is 0.0999. The van der Waals surface area contributed by atoms with Gasteiger partial charge in [0.2, 0.25) is 0 Å². The maximum Gasteiger partial charge on any atom is 0.115 e. The lowest BCUT2D eigenvalue weighted by Crippen LogP contribution is -2.08. The number of nitroso groups, excluding NO2 is 1. The highest BCUT2D eigenvalue weighted by Crippen LogP contribution is 2.08. The van der Waals surface area contributed by atoms with Crippen LogP contribution in [0.25, 0.3) is 0 Å². The monoisotopic (exact) mass is 173 g/mol. The molecule has 0 saturated carbocycles. The van der Waals surface area contributed by atoms with Crippen molar-refractivity contribution >= 4 is 0 Å². The average molecular weight is 173 g/mol. The Morgan fingerprint density at radius 3 is 2.42 bits per heavy atom. The minimum Gasteiger partial charge on any atom is -0.394 e. The lowest BCUT2D eigenvalue weighted by Gasteiger charge is -2.03. The summed E-state index contributed by atoms with van der Waals surface area (Å²) >= 11 is 0. The van der Waals surface area contributed by atoms with Crippen LogP contribution in [0.5, 0.6) is 0 Å². The Bertz CT molecular complexity index is 107. The summed E-state index contributed by atoms with van der Waals surface area (Å²) in [4.78, 5) is 10.0. The third-order valence-corrected chi connectivity index (χ3v) is 2.00. The van der Waals surface area contributed by atoms with E-state index >= 15 is 0 Å². The Labute approximate surface area is 74.1 Å². The highest BCUT2D eigenvalue weighted by Gasteiger charge is 2.04. The Morgan fingerprint density at radius 2 is 1.92 bits per heavy atom. The Morgan fingerprint density at radius 1 is 1.25 bits per heavy atom. The van der Waals surface area contributed by atoms with E-state index in [9.17, 15) is 4.91 Å². The lowest BCUT2D eigenvalue weighted by molar-refractivity contribution is 0.257. The van der Waals surface area contributed by atoms with Crippen LogP contribution >= 0.6 is 0 Å². The number of hydrogen-bond acceptors (Lipinski definition) is 3. The summed E-state index contributed by atoms with van der Waals surface area (Å²) in [5.74, 6) is 0. The molecule has 1 N–H and O–H groups in total. The highest BCUT2D eigenvalue weighted by molar-refractivity contribution is 4.63. The van der Waals surface area contributed by atoms with Crippen LogP contribution in [0.15, 0.2) is 5.18 Å². The van der Waals surface area contributed by atoms with Crippen molar-refractivity contribution in [1.82, 2.24) is 0 Å². The van der Waals surface area contributed by atoms with E-state index in [4.69, 9.17) is 5.11 Å². The summed E-state index contributed by atoms with van der Waals surface area (Å²) in [5, 5.41) is 11.5. The van der Waals surface area contributed by atoms with Gasteiger partial charge in [-0.2, -0.15) is 4.91 Å². The topological polar surface area (TPSA) is 49.7 Å². The molecule has 3 nitrogen and oxygen atoms in total. The smallest absolute Gasteiger partial charge is 0.115 e. The molecule has 0 aliphatic carbocycles. The number of hydrogen-bond donors (Lipinski definition) is 1. The van der Waals surface area contributed by atoms with Gasteiger partial charge in [-0.05, 0) is 6.42 Å². The van der Waals surface area contributed by atoms with Gasteiger partial charge < -0.3 is 5.11 Å². The van der Waals surface area contributed by atoms with E-state index in [2.05, 4.69) is 12.1 Å². The molecule has 72 valence electrons. The SMILES string of the molecule is CCCCCCCC(CO)N=O. The first-order chi connectivity index (χ1) is 5.85. The zero-order valence-corrected chi connectivity index (χ0v) is 7.83. The molecule has 12 heavy (non-hydrogen) atoms. The zero-order chi connectivity index (χ0) is 9.23. The number of nitrogens with zero attached hydrogens (tertiary/aromatic N) is 1. The lowest BCUT2D eigenvalue weighted by atomic mass is 10.1. The van der Waals surface area contributed by atoms with E-state index in [1.165, 1.54) is 19.3 Å². The molecule has 0 aromatic heterocycles. The van der Waals surface area contributed by atoms with Crippen molar-refractivity contribution < 1.29 is 5.11 Å². The second kappa shape index (κ2) is 8.65. The summed E-state index contributed by atoms with van der Waals surface area (Å²) in [7, 11) is 0. The minimum atomic E-state index is -0.369. The van der Waals surface area contributed by atoms with Gasteiger partial charge in [-0.3, -0.25) is 0 Å². The molecule has 0 saturated heterocycles. The van der Waals surface area contributed by atoms with Crippen LogP contribution < -0.4 is 0 Å². The fourth-order valence-corrected chi connectivity index (χ4v) is 1.16. The molecule has 0 rings (SSSR count). The molecular weight excluding hydrogens is 154 g/mol. The first-order valence-electron chi connectivity index (χ1n) is 4.78. The molecule has 0 aliphatic heterocycles. The molecule has 0 spiro atoms. The van der Waals surface area contributed by atoms with Gasteiger partial charge in [0.1, 0.15) is 6.04 Å². The van der Waals surface area contributed by atoms with Crippen molar-refractivity contribution in [2.24, 2.45) is 5.18 Å². The van der Waals surface area contributed by atoms with Crippen molar-refractivity contribution in [3.8, 4) is 0 Å². The molecule has 1 atom stereocenters. The number of aliphatic hydroxyl groups is 1. The van der Waals surface area contributed by atoms with Crippen LogP contribution in [0, 0.1) is 4.91 Å². The third-order valence-electron chi connectivity index (χ3n) is 2.00. The fraction of sp³-hybridized carbons (Fsp3) is 1.00. The van der Waals surface area contributed by atoms with Gasteiger partial charge in [0.15, 0.2) is 0 Å². The first-order valence-corrected chi connectivity index (χ1v) is 4.78. The van der Waals surface area contributed by atoms with Crippen molar-refractivity contribution in [2.75, 3.05) is 6.61 Å². The second-order valence-electron chi connectivity index (χ2n) is 3.14. The molecule has 0 amide bonds. The summed E-state index contributed by atoms with van der Waals surface area (Å²) in [5.41, 5.74) is 0. The molecule has 1 unspecified atom stereocenters. The summed E-state index contributed by atoms with van der Waals surface area (Å²) in [6.07, 6.45) is 6.63. The Balaban J connectivity index is 3.12. The van der Waals surface area contributed by atoms with Crippen LogP contribution in [-0.2, 0) is 0 Å². The van der Waals surface area contributed by atoms with Crippen LogP contribution in [0.4, 0.5) is 0 Å². The van der Waals surface area contributed by atoms with Gasteiger partial charge in [-0.15, -0.1) is 0 Å². The maximum atomic E-state index is 10.0. The van der Waals surface area contributed by atoms with Crippen molar-refractivity contribution in [1.29, 1.82) is 0 Å². The Hall–Kier alpha value is -0.440.